The lowest BCUT2D eigenvalue weighted by molar-refractivity contribution is -0.138. The van der Waals surface area contributed by atoms with Crippen LogP contribution in [0.2, 0.25) is 0 Å². The molecule has 1 atom stereocenters. The van der Waals surface area contributed by atoms with Gasteiger partial charge in [-0.25, -0.2) is 0 Å². The Hall–Kier alpha value is -2.28. The van der Waals surface area contributed by atoms with Crippen molar-refractivity contribution >= 4 is 23.3 Å². The predicted octanol–water partition coefficient (Wildman–Crippen LogP) is 1.65. The van der Waals surface area contributed by atoms with Gasteiger partial charge in [0.15, 0.2) is 0 Å². The smallest absolute Gasteiger partial charge is 0.304 e. The molecule has 4 N–H and O–H groups in total. The molecule has 0 aromatic heterocycles. The van der Waals surface area contributed by atoms with E-state index < -0.39 is 12.0 Å². The zero-order valence-corrected chi connectivity index (χ0v) is 14.0. The molecule has 0 radical (unpaired) electrons. The number of ether oxygens (including phenoxy) is 1. The summed E-state index contributed by atoms with van der Waals surface area (Å²) in [5.74, 6) is -0.508. The molecule has 1 unspecified atom stereocenters. The number of likely N-dealkylation sites (N-methyl/N-ethyl adjacent to an activating group) is 1. The fourth-order valence-corrected chi connectivity index (χ4v) is 2.45. The summed E-state index contributed by atoms with van der Waals surface area (Å²) in [7, 11) is 3.27. The second-order valence-electron chi connectivity index (χ2n) is 5.76. The molecule has 0 aliphatic heterocycles. The predicted molar refractivity (Wildman–Crippen MR) is 89.5 cm³/mol. The highest BCUT2D eigenvalue weighted by molar-refractivity contribution is 5.95. The maximum atomic E-state index is 12.5. The van der Waals surface area contributed by atoms with E-state index >= 15 is 0 Å². The summed E-state index contributed by atoms with van der Waals surface area (Å²) in [4.78, 5) is 25.0. The van der Waals surface area contributed by atoms with Crippen molar-refractivity contribution in [3.05, 3.63) is 18.2 Å². The summed E-state index contributed by atoms with van der Waals surface area (Å²) >= 11 is 0. The second kappa shape index (κ2) is 8.38. The molecule has 1 amide bonds. The van der Waals surface area contributed by atoms with Gasteiger partial charge in [0, 0.05) is 12.2 Å². The molecule has 1 aromatic carbocycles. The molecule has 0 aliphatic rings. The average molecular weight is 323 g/mol. The van der Waals surface area contributed by atoms with Crippen molar-refractivity contribution in [3.63, 3.8) is 0 Å². The van der Waals surface area contributed by atoms with Crippen LogP contribution in [0.3, 0.4) is 0 Å². The van der Waals surface area contributed by atoms with Crippen LogP contribution in [0.25, 0.3) is 0 Å². The van der Waals surface area contributed by atoms with E-state index in [1.165, 1.54) is 7.11 Å². The van der Waals surface area contributed by atoms with Crippen LogP contribution < -0.4 is 15.8 Å². The van der Waals surface area contributed by atoms with Crippen LogP contribution in [0.5, 0.6) is 5.75 Å². The number of nitrogens with two attached hydrogens (primary N) is 1. The molecule has 7 heteroatoms. The van der Waals surface area contributed by atoms with Crippen molar-refractivity contribution in [2.45, 2.75) is 26.3 Å². The number of benzene rings is 1. The van der Waals surface area contributed by atoms with Gasteiger partial charge < -0.3 is 20.9 Å². The first-order chi connectivity index (χ1) is 10.8. The highest BCUT2D eigenvalue weighted by Crippen LogP contribution is 2.25. The largest absolute Gasteiger partial charge is 0.495 e. The molecule has 0 aliphatic carbocycles. The molecular formula is C16H25N3O4. The van der Waals surface area contributed by atoms with Gasteiger partial charge >= 0.3 is 5.97 Å². The number of nitrogens with zero attached hydrogens (tertiary/aromatic N) is 1. The summed E-state index contributed by atoms with van der Waals surface area (Å²) in [5.41, 5.74) is 6.84. The van der Waals surface area contributed by atoms with E-state index in [0.717, 1.165) is 0 Å². The highest BCUT2D eigenvalue weighted by atomic mass is 16.5. The first-order valence-corrected chi connectivity index (χ1v) is 7.42. The van der Waals surface area contributed by atoms with Crippen molar-refractivity contribution in [2.24, 2.45) is 5.92 Å². The molecule has 0 bridgehead atoms. The average Bonchev–Trinajstić information content (AvgIpc) is 2.45. The lowest BCUT2D eigenvalue weighted by Crippen LogP contribution is -2.46. The molecule has 23 heavy (non-hydrogen) atoms. The van der Waals surface area contributed by atoms with Crippen molar-refractivity contribution in [2.75, 3.05) is 31.8 Å². The number of carboxylic acid groups (broad SMARTS) is 1. The molecule has 7 nitrogen and oxygen atoms in total. The molecule has 0 heterocycles. The topological polar surface area (TPSA) is 105 Å². The number of rotatable bonds is 8. The lowest BCUT2D eigenvalue weighted by atomic mass is 10.0. The van der Waals surface area contributed by atoms with Gasteiger partial charge in [0.05, 0.1) is 25.3 Å². The highest BCUT2D eigenvalue weighted by Gasteiger charge is 2.27. The number of methoxy groups -OCH3 is 1. The number of aliphatic carboxylic acids is 1. The van der Waals surface area contributed by atoms with Crippen LogP contribution in [-0.4, -0.2) is 48.6 Å². The van der Waals surface area contributed by atoms with Crippen molar-refractivity contribution in [1.29, 1.82) is 0 Å². The molecule has 128 valence electrons. The minimum atomic E-state index is -0.886. The van der Waals surface area contributed by atoms with Gasteiger partial charge in [-0.05, 0) is 31.2 Å². The molecular weight excluding hydrogens is 298 g/mol. The standard InChI is InChI=1S/C16H25N3O4/c1-10(2)15(19(3)8-7-14(20)21)16(22)18-11-5-6-13(23-4)12(17)9-11/h5-6,9-10,15H,7-8,17H2,1-4H3,(H,18,22)(H,20,21). The Kier molecular flexibility index (Phi) is 6.84. The number of amides is 1. The zero-order valence-electron chi connectivity index (χ0n) is 14.0. The second-order valence-corrected chi connectivity index (χ2v) is 5.76. The van der Waals surface area contributed by atoms with Crippen molar-refractivity contribution in [3.8, 4) is 5.75 Å². The van der Waals surface area contributed by atoms with Crippen LogP contribution in [0, 0.1) is 5.92 Å². The minimum absolute atomic E-state index is 0.0114. The van der Waals surface area contributed by atoms with E-state index in [9.17, 15) is 9.59 Å². The summed E-state index contributed by atoms with van der Waals surface area (Å²) in [6.45, 7) is 4.14. The Labute approximate surface area is 136 Å². The fourth-order valence-electron chi connectivity index (χ4n) is 2.45. The van der Waals surface area contributed by atoms with Gasteiger partial charge in [-0.15, -0.1) is 0 Å². The zero-order chi connectivity index (χ0) is 17.6. The molecule has 0 saturated heterocycles. The Morgan fingerprint density at radius 1 is 1.39 bits per heavy atom. The van der Waals surface area contributed by atoms with Gasteiger partial charge in [-0.2, -0.15) is 0 Å². The van der Waals surface area contributed by atoms with E-state index in [1.807, 2.05) is 13.8 Å². The number of carboxylic acids is 1. The number of nitrogens with one attached hydrogen (secondary N) is 1. The minimum Gasteiger partial charge on any atom is -0.495 e. The lowest BCUT2D eigenvalue weighted by Gasteiger charge is -2.29. The first-order valence-electron chi connectivity index (χ1n) is 7.42. The quantitative estimate of drug-likeness (QED) is 0.628. The number of carbonyl (C=O) groups excluding carboxylic acids is 1. The third-order valence-corrected chi connectivity index (χ3v) is 3.55. The molecule has 1 aromatic rings. The summed E-state index contributed by atoms with van der Waals surface area (Å²) in [6, 6.07) is 4.59. The monoisotopic (exact) mass is 323 g/mol. The summed E-state index contributed by atoms with van der Waals surface area (Å²) in [5, 5.41) is 11.6. The molecule has 0 spiro atoms. The van der Waals surface area contributed by atoms with Gasteiger partial charge in [0.25, 0.3) is 0 Å². The Morgan fingerprint density at radius 2 is 2.04 bits per heavy atom. The van der Waals surface area contributed by atoms with Gasteiger partial charge in [0.2, 0.25) is 5.91 Å². The third kappa shape index (κ3) is 5.45. The maximum Gasteiger partial charge on any atom is 0.304 e. The number of anilines is 2. The van der Waals surface area contributed by atoms with Crippen molar-refractivity contribution < 1.29 is 19.4 Å². The molecule has 0 saturated carbocycles. The molecule has 0 fully saturated rings. The SMILES string of the molecule is COc1ccc(NC(=O)C(C(C)C)N(C)CCC(=O)O)cc1N. The Bertz CT molecular complexity index is 560. The Morgan fingerprint density at radius 3 is 2.52 bits per heavy atom. The normalized spacial score (nSPS) is 12.3. The maximum absolute atomic E-state index is 12.5. The van der Waals surface area contributed by atoms with Crippen LogP contribution in [0.15, 0.2) is 18.2 Å². The fraction of sp³-hybridized carbons (Fsp3) is 0.500. The van der Waals surface area contributed by atoms with E-state index in [2.05, 4.69) is 5.32 Å². The van der Waals surface area contributed by atoms with E-state index in [1.54, 1.807) is 30.1 Å². The van der Waals surface area contributed by atoms with Crippen LogP contribution in [-0.2, 0) is 9.59 Å². The van der Waals surface area contributed by atoms with Crippen LogP contribution in [0.1, 0.15) is 20.3 Å². The number of hydrogen-bond acceptors (Lipinski definition) is 5. The third-order valence-electron chi connectivity index (χ3n) is 3.55. The number of carbonyl (C=O) groups is 2. The summed E-state index contributed by atoms with van der Waals surface area (Å²) < 4.78 is 5.08. The summed E-state index contributed by atoms with van der Waals surface area (Å²) in [6.07, 6.45) is -0.0114. The van der Waals surface area contributed by atoms with Crippen LogP contribution in [0.4, 0.5) is 11.4 Å². The van der Waals surface area contributed by atoms with Crippen LogP contribution >= 0.6 is 0 Å². The van der Waals surface area contributed by atoms with Gasteiger partial charge in [0.1, 0.15) is 5.75 Å². The van der Waals surface area contributed by atoms with E-state index in [4.69, 9.17) is 15.6 Å². The van der Waals surface area contributed by atoms with E-state index in [-0.39, 0.29) is 18.2 Å². The van der Waals surface area contributed by atoms with Gasteiger partial charge in [-0.1, -0.05) is 13.8 Å². The molecule has 1 rings (SSSR count). The number of hydrogen-bond donors (Lipinski definition) is 3. The van der Waals surface area contributed by atoms with Crippen molar-refractivity contribution in [1.82, 2.24) is 4.90 Å². The van der Waals surface area contributed by atoms with E-state index in [0.29, 0.717) is 23.7 Å². The first kappa shape index (κ1) is 18.8. The Balaban J connectivity index is 2.82. The number of nitrogen functional groups attached to an aromatic ring is 1. The van der Waals surface area contributed by atoms with Gasteiger partial charge in [-0.3, -0.25) is 14.5 Å².